The zero-order chi connectivity index (χ0) is 10.8. The number of hydrogen-bond donors (Lipinski definition) is 0. The molecule has 1 aromatic carbocycles. The highest BCUT2D eigenvalue weighted by Gasteiger charge is 2.27. The summed E-state index contributed by atoms with van der Waals surface area (Å²) in [6.07, 6.45) is 0.824. The van der Waals surface area contributed by atoms with Gasteiger partial charge in [-0.2, -0.15) is 0 Å². The van der Waals surface area contributed by atoms with E-state index < -0.39 is 0 Å². The lowest BCUT2D eigenvalue weighted by molar-refractivity contribution is 0.0826. The van der Waals surface area contributed by atoms with Crippen molar-refractivity contribution in [3.05, 3.63) is 23.8 Å². The molecule has 0 amide bonds. The molecule has 0 fully saturated rings. The van der Waals surface area contributed by atoms with E-state index in [0.29, 0.717) is 17.9 Å². The molecule has 0 aliphatic carbocycles. The molecule has 0 saturated carbocycles. The number of hydrogen-bond acceptors (Lipinski definition) is 3. The Morgan fingerprint density at radius 1 is 1.53 bits per heavy atom. The first-order valence-electron chi connectivity index (χ1n) is 5.11. The zero-order valence-corrected chi connectivity index (χ0v) is 8.95. The van der Waals surface area contributed by atoms with E-state index in [2.05, 4.69) is 0 Å². The molecule has 2 rings (SSSR count). The van der Waals surface area contributed by atoms with Gasteiger partial charge in [-0.15, -0.1) is 0 Å². The van der Waals surface area contributed by atoms with Gasteiger partial charge >= 0.3 is 0 Å². The van der Waals surface area contributed by atoms with Crippen LogP contribution in [0.25, 0.3) is 0 Å². The summed E-state index contributed by atoms with van der Waals surface area (Å²) in [6, 6.07) is 5.33. The van der Waals surface area contributed by atoms with Crippen molar-refractivity contribution in [1.82, 2.24) is 0 Å². The molecule has 3 nitrogen and oxygen atoms in total. The standard InChI is InChI=1S/C12H14O3/c1-3-8-7-15-11-6-9(14-2)4-5-10(11)12(8)13/h4-6,8H,3,7H2,1-2H3. The summed E-state index contributed by atoms with van der Waals surface area (Å²) in [6.45, 7) is 2.48. The van der Waals surface area contributed by atoms with Crippen LogP contribution in [-0.4, -0.2) is 19.5 Å². The Kier molecular flexibility index (Phi) is 2.62. The zero-order valence-electron chi connectivity index (χ0n) is 8.95. The van der Waals surface area contributed by atoms with Crippen LogP contribution in [0.5, 0.6) is 11.5 Å². The predicted octanol–water partition coefficient (Wildman–Crippen LogP) is 2.30. The van der Waals surface area contributed by atoms with Gasteiger partial charge in [0.1, 0.15) is 11.5 Å². The minimum atomic E-state index is 0.00546. The van der Waals surface area contributed by atoms with E-state index in [1.807, 2.05) is 6.92 Å². The van der Waals surface area contributed by atoms with Crippen molar-refractivity contribution in [2.24, 2.45) is 5.92 Å². The molecule has 0 radical (unpaired) electrons. The lowest BCUT2D eigenvalue weighted by Gasteiger charge is -2.23. The summed E-state index contributed by atoms with van der Waals surface area (Å²) in [7, 11) is 1.60. The van der Waals surface area contributed by atoms with Crippen LogP contribution in [-0.2, 0) is 0 Å². The van der Waals surface area contributed by atoms with Gasteiger partial charge < -0.3 is 9.47 Å². The van der Waals surface area contributed by atoms with E-state index >= 15 is 0 Å². The molecule has 0 saturated heterocycles. The number of ether oxygens (including phenoxy) is 2. The van der Waals surface area contributed by atoms with Gasteiger partial charge in [-0.05, 0) is 18.6 Å². The second-order valence-corrected chi connectivity index (χ2v) is 3.64. The Morgan fingerprint density at radius 2 is 2.33 bits per heavy atom. The molecular weight excluding hydrogens is 192 g/mol. The summed E-state index contributed by atoms with van der Waals surface area (Å²) in [5.74, 6) is 1.55. The third-order valence-electron chi connectivity index (χ3n) is 2.76. The molecule has 0 spiro atoms. The van der Waals surface area contributed by atoms with Crippen LogP contribution < -0.4 is 9.47 Å². The molecule has 80 valence electrons. The number of ketones is 1. The highest BCUT2D eigenvalue weighted by molar-refractivity contribution is 6.01. The normalized spacial score (nSPS) is 19.3. The van der Waals surface area contributed by atoms with Crippen LogP contribution in [0.2, 0.25) is 0 Å². The number of fused-ring (bicyclic) bond motifs is 1. The molecule has 1 aromatic rings. The first-order chi connectivity index (χ1) is 7.26. The van der Waals surface area contributed by atoms with Crippen LogP contribution in [0.3, 0.4) is 0 Å². The van der Waals surface area contributed by atoms with Crippen LogP contribution in [0.15, 0.2) is 18.2 Å². The van der Waals surface area contributed by atoms with Crippen LogP contribution >= 0.6 is 0 Å². The molecule has 15 heavy (non-hydrogen) atoms. The number of Topliss-reactive ketones (excluding diaryl/α,β-unsaturated/α-hetero) is 1. The summed E-state index contributed by atoms with van der Waals surface area (Å²) >= 11 is 0. The lowest BCUT2D eigenvalue weighted by atomic mass is 9.93. The minimum absolute atomic E-state index is 0.00546. The van der Waals surface area contributed by atoms with Gasteiger partial charge in [0.25, 0.3) is 0 Å². The fraction of sp³-hybridized carbons (Fsp3) is 0.417. The van der Waals surface area contributed by atoms with Crippen molar-refractivity contribution in [2.45, 2.75) is 13.3 Å². The van der Waals surface area contributed by atoms with Crippen molar-refractivity contribution in [3.63, 3.8) is 0 Å². The molecule has 0 bridgehead atoms. The van der Waals surface area contributed by atoms with Gasteiger partial charge in [0, 0.05) is 6.07 Å². The van der Waals surface area contributed by atoms with Crippen molar-refractivity contribution in [2.75, 3.05) is 13.7 Å². The fourth-order valence-corrected chi connectivity index (χ4v) is 1.74. The third kappa shape index (κ3) is 1.69. The molecule has 0 N–H and O–H groups in total. The largest absolute Gasteiger partial charge is 0.497 e. The van der Waals surface area contributed by atoms with Crippen LogP contribution in [0.4, 0.5) is 0 Å². The second kappa shape index (κ2) is 3.93. The van der Waals surface area contributed by atoms with E-state index in [1.54, 1.807) is 25.3 Å². The predicted molar refractivity (Wildman–Crippen MR) is 56.6 cm³/mol. The average Bonchev–Trinajstić information content (AvgIpc) is 2.29. The lowest BCUT2D eigenvalue weighted by Crippen LogP contribution is -2.27. The molecule has 1 atom stereocenters. The Morgan fingerprint density at radius 3 is 3.00 bits per heavy atom. The van der Waals surface area contributed by atoms with Gasteiger partial charge in [-0.25, -0.2) is 0 Å². The van der Waals surface area contributed by atoms with E-state index in [0.717, 1.165) is 12.2 Å². The highest BCUT2D eigenvalue weighted by atomic mass is 16.5. The van der Waals surface area contributed by atoms with Gasteiger partial charge in [-0.1, -0.05) is 6.92 Å². The smallest absolute Gasteiger partial charge is 0.173 e. The number of benzene rings is 1. The number of methoxy groups -OCH3 is 1. The summed E-state index contributed by atoms with van der Waals surface area (Å²) < 4.78 is 10.6. The maximum Gasteiger partial charge on any atom is 0.173 e. The van der Waals surface area contributed by atoms with E-state index in [1.165, 1.54) is 0 Å². The summed E-state index contributed by atoms with van der Waals surface area (Å²) in [5.41, 5.74) is 0.675. The van der Waals surface area contributed by atoms with Gasteiger partial charge in [-0.3, -0.25) is 4.79 Å². The van der Waals surface area contributed by atoms with Crippen LogP contribution in [0.1, 0.15) is 23.7 Å². The minimum Gasteiger partial charge on any atom is -0.497 e. The molecule has 3 heteroatoms. The first-order valence-corrected chi connectivity index (χ1v) is 5.11. The molecule has 1 heterocycles. The van der Waals surface area contributed by atoms with Crippen molar-refractivity contribution in [1.29, 1.82) is 0 Å². The Bertz CT molecular complexity index is 384. The highest BCUT2D eigenvalue weighted by Crippen LogP contribution is 2.31. The van der Waals surface area contributed by atoms with E-state index in [-0.39, 0.29) is 11.7 Å². The maximum absolute atomic E-state index is 11.9. The van der Waals surface area contributed by atoms with Crippen molar-refractivity contribution < 1.29 is 14.3 Å². The third-order valence-corrected chi connectivity index (χ3v) is 2.76. The van der Waals surface area contributed by atoms with Crippen molar-refractivity contribution >= 4 is 5.78 Å². The van der Waals surface area contributed by atoms with Gasteiger partial charge in [0.05, 0.1) is 25.2 Å². The topological polar surface area (TPSA) is 35.5 Å². The van der Waals surface area contributed by atoms with Crippen molar-refractivity contribution in [3.8, 4) is 11.5 Å². The summed E-state index contributed by atoms with van der Waals surface area (Å²) in [4.78, 5) is 11.9. The molecular formula is C12H14O3. The SMILES string of the molecule is CCC1COc2cc(OC)ccc2C1=O. The second-order valence-electron chi connectivity index (χ2n) is 3.64. The van der Waals surface area contributed by atoms with Gasteiger partial charge in [0.2, 0.25) is 0 Å². The van der Waals surface area contributed by atoms with Crippen LogP contribution in [0, 0.1) is 5.92 Å². The maximum atomic E-state index is 11.9. The number of carbonyl (C=O) groups is 1. The Labute approximate surface area is 89.0 Å². The Balaban J connectivity index is 2.37. The quantitative estimate of drug-likeness (QED) is 0.744. The number of carbonyl (C=O) groups excluding carboxylic acids is 1. The van der Waals surface area contributed by atoms with E-state index in [9.17, 15) is 4.79 Å². The monoisotopic (exact) mass is 206 g/mol. The number of rotatable bonds is 2. The van der Waals surface area contributed by atoms with Gasteiger partial charge in [0.15, 0.2) is 5.78 Å². The fourth-order valence-electron chi connectivity index (χ4n) is 1.74. The Hall–Kier alpha value is -1.51. The average molecular weight is 206 g/mol. The molecule has 1 aliphatic rings. The molecule has 1 aliphatic heterocycles. The first kappa shape index (κ1) is 10.0. The van der Waals surface area contributed by atoms with E-state index in [4.69, 9.17) is 9.47 Å². The summed E-state index contributed by atoms with van der Waals surface area (Å²) in [5, 5.41) is 0. The molecule has 0 aromatic heterocycles. The molecule has 1 unspecified atom stereocenters.